The molecule has 214 valence electrons. The number of pyridine rings is 2. The molecule has 10 aromatic rings. The Kier molecular flexibility index (Phi) is 5.19. The van der Waals surface area contributed by atoms with Crippen molar-refractivity contribution >= 4 is 65.6 Å². The molecule has 10 rings (SSSR count). The summed E-state index contributed by atoms with van der Waals surface area (Å²) in [5.74, 6) is 1.37. The van der Waals surface area contributed by atoms with E-state index in [1.807, 2.05) is 73.1 Å². The monoisotopic (exact) mass is 589 g/mol. The molecule has 0 fully saturated rings. The second-order valence-corrected chi connectivity index (χ2v) is 11.5. The van der Waals surface area contributed by atoms with E-state index in [-0.39, 0.29) is 0 Å². The molecule has 6 nitrogen and oxygen atoms in total. The first kappa shape index (κ1) is 25.0. The lowest BCUT2D eigenvalue weighted by Gasteiger charge is -2.12. The first-order valence-electron chi connectivity index (χ1n) is 15.2. The summed E-state index contributed by atoms with van der Waals surface area (Å²) < 4.78 is 8.45. The maximum absolute atomic E-state index is 6.26. The first-order chi connectivity index (χ1) is 22.8. The number of nitrogens with zero attached hydrogens (tertiary/aromatic N) is 5. The van der Waals surface area contributed by atoms with Crippen LogP contribution >= 0.6 is 0 Å². The summed E-state index contributed by atoms with van der Waals surface area (Å²) >= 11 is 0. The molecule has 0 spiro atoms. The van der Waals surface area contributed by atoms with Crippen LogP contribution < -0.4 is 0 Å². The topological polar surface area (TPSA) is 69.6 Å². The van der Waals surface area contributed by atoms with Crippen molar-refractivity contribution in [3.8, 4) is 28.5 Å². The van der Waals surface area contributed by atoms with E-state index in [9.17, 15) is 0 Å². The molecule has 0 saturated heterocycles. The van der Waals surface area contributed by atoms with Gasteiger partial charge in [-0.25, -0.2) is 9.97 Å². The summed E-state index contributed by atoms with van der Waals surface area (Å²) in [6.45, 7) is 0. The Labute approximate surface area is 262 Å². The van der Waals surface area contributed by atoms with Gasteiger partial charge in [0.05, 0.1) is 40.2 Å². The molecule has 5 heterocycles. The molecule has 5 aromatic carbocycles. The fourth-order valence-corrected chi connectivity index (χ4v) is 6.80. The van der Waals surface area contributed by atoms with E-state index >= 15 is 0 Å². The van der Waals surface area contributed by atoms with Crippen molar-refractivity contribution in [2.75, 3.05) is 0 Å². The van der Waals surface area contributed by atoms with Gasteiger partial charge in [0, 0.05) is 49.5 Å². The number of rotatable bonds is 3. The Hall–Kier alpha value is -6.40. The zero-order chi connectivity index (χ0) is 30.2. The third kappa shape index (κ3) is 3.64. The lowest BCUT2D eigenvalue weighted by Crippen LogP contribution is -2.03. The predicted octanol–water partition coefficient (Wildman–Crippen LogP) is 9.90. The van der Waals surface area contributed by atoms with E-state index < -0.39 is 0 Å². The van der Waals surface area contributed by atoms with Gasteiger partial charge in [-0.2, -0.15) is 0 Å². The summed E-state index contributed by atoms with van der Waals surface area (Å²) in [4.78, 5) is 20.1. The minimum atomic E-state index is 0.635. The van der Waals surface area contributed by atoms with E-state index in [0.29, 0.717) is 5.82 Å². The molecule has 0 atom stereocenters. The summed E-state index contributed by atoms with van der Waals surface area (Å²) in [5, 5.41) is 6.62. The Balaban J connectivity index is 1.31. The number of hydrogen-bond acceptors (Lipinski definition) is 5. The second kappa shape index (κ2) is 9.55. The van der Waals surface area contributed by atoms with E-state index in [4.69, 9.17) is 24.4 Å². The molecule has 0 bridgehead atoms. The van der Waals surface area contributed by atoms with Gasteiger partial charge < -0.3 is 4.42 Å². The highest BCUT2D eigenvalue weighted by molar-refractivity contribution is 6.27. The van der Waals surface area contributed by atoms with Gasteiger partial charge in [0.25, 0.3) is 0 Å². The highest BCUT2D eigenvalue weighted by atomic mass is 16.3. The number of para-hydroxylation sites is 3. The molecular weight excluding hydrogens is 566 g/mol. The molecule has 0 radical (unpaired) electrons. The van der Waals surface area contributed by atoms with Gasteiger partial charge in [-0.1, -0.05) is 91.0 Å². The van der Waals surface area contributed by atoms with Crippen molar-refractivity contribution in [2.45, 2.75) is 0 Å². The molecule has 0 saturated carbocycles. The molecule has 0 aliphatic heterocycles. The quantitative estimate of drug-likeness (QED) is 0.205. The van der Waals surface area contributed by atoms with Gasteiger partial charge >= 0.3 is 0 Å². The third-order valence-electron chi connectivity index (χ3n) is 8.89. The molecule has 0 N–H and O–H groups in total. The molecule has 5 aromatic heterocycles. The van der Waals surface area contributed by atoms with Crippen molar-refractivity contribution < 1.29 is 4.42 Å². The van der Waals surface area contributed by atoms with Crippen LogP contribution in [-0.2, 0) is 0 Å². The van der Waals surface area contributed by atoms with Crippen LogP contribution in [0.25, 0.3) is 94.0 Å². The normalized spacial score (nSPS) is 11.9. The number of hydrogen-bond donors (Lipinski definition) is 0. The third-order valence-corrected chi connectivity index (χ3v) is 8.89. The fraction of sp³-hybridized carbons (Fsp3) is 0. The van der Waals surface area contributed by atoms with Crippen LogP contribution in [0.4, 0.5) is 0 Å². The number of benzene rings is 5. The highest BCUT2D eigenvalue weighted by Gasteiger charge is 2.21. The number of fused-ring (bicyclic) bond motifs is 10. The van der Waals surface area contributed by atoms with Gasteiger partial charge in [-0.05, 0) is 30.3 Å². The van der Waals surface area contributed by atoms with Crippen LogP contribution in [0.2, 0.25) is 0 Å². The smallest absolute Gasteiger partial charge is 0.162 e. The SMILES string of the molecule is c1ccc(-c2nc(-c3ccc4c(c3)oc3ccccc34)cc(-n3c4cnc5ccccc5c4c4c5ccccc5ncc43)n2)cc1. The van der Waals surface area contributed by atoms with Crippen LogP contribution in [0, 0.1) is 0 Å². The average Bonchev–Trinajstić information content (AvgIpc) is 3.67. The second-order valence-electron chi connectivity index (χ2n) is 11.5. The lowest BCUT2D eigenvalue weighted by molar-refractivity contribution is 0.669. The minimum absolute atomic E-state index is 0.635. The Morgan fingerprint density at radius 1 is 0.478 bits per heavy atom. The molecule has 0 unspecified atom stereocenters. The highest BCUT2D eigenvalue weighted by Crippen LogP contribution is 2.40. The van der Waals surface area contributed by atoms with Crippen molar-refractivity contribution in [2.24, 2.45) is 0 Å². The Morgan fingerprint density at radius 3 is 1.80 bits per heavy atom. The molecule has 0 aliphatic rings. The van der Waals surface area contributed by atoms with E-state index in [0.717, 1.165) is 88.2 Å². The number of furan rings is 1. The molecule has 0 amide bonds. The standard InChI is InChI=1S/C40H23N5O/c1-2-10-24(11-3-1)40-43-32(25-18-19-27-26-12-6-9-17-35(26)46-36(27)20-25)21-37(44-40)45-33-22-41-30-15-7-4-13-28(30)38(33)39-29-14-5-8-16-31(29)42-23-34(39)45/h1-23H. The fourth-order valence-electron chi connectivity index (χ4n) is 6.80. The molecule has 6 heteroatoms. The van der Waals surface area contributed by atoms with Gasteiger partial charge in [-0.3, -0.25) is 14.5 Å². The molecule has 46 heavy (non-hydrogen) atoms. The predicted molar refractivity (Wildman–Crippen MR) is 185 cm³/mol. The number of aromatic nitrogens is 5. The first-order valence-corrected chi connectivity index (χ1v) is 15.2. The van der Waals surface area contributed by atoms with Crippen LogP contribution in [-0.4, -0.2) is 24.5 Å². The van der Waals surface area contributed by atoms with Crippen molar-refractivity contribution in [3.63, 3.8) is 0 Å². The zero-order valence-electron chi connectivity index (χ0n) is 24.4. The van der Waals surface area contributed by atoms with Gasteiger partial charge in [-0.15, -0.1) is 0 Å². The lowest BCUT2D eigenvalue weighted by atomic mass is 10.0. The Morgan fingerprint density at radius 2 is 1.09 bits per heavy atom. The van der Waals surface area contributed by atoms with Crippen molar-refractivity contribution in [3.05, 3.63) is 140 Å². The van der Waals surface area contributed by atoms with Crippen molar-refractivity contribution in [1.82, 2.24) is 24.5 Å². The maximum Gasteiger partial charge on any atom is 0.162 e. The average molecular weight is 590 g/mol. The molecule has 0 aliphatic carbocycles. The van der Waals surface area contributed by atoms with Gasteiger partial charge in [0.2, 0.25) is 0 Å². The van der Waals surface area contributed by atoms with Crippen LogP contribution in [0.1, 0.15) is 0 Å². The summed E-state index contributed by atoms with van der Waals surface area (Å²) in [5.41, 5.74) is 8.18. The summed E-state index contributed by atoms with van der Waals surface area (Å²) in [6.07, 6.45) is 3.91. The van der Waals surface area contributed by atoms with E-state index in [1.54, 1.807) is 0 Å². The summed E-state index contributed by atoms with van der Waals surface area (Å²) in [7, 11) is 0. The Bertz CT molecular complexity index is 2720. The zero-order valence-corrected chi connectivity index (χ0v) is 24.4. The minimum Gasteiger partial charge on any atom is -0.456 e. The van der Waals surface area contributed by atoms with Gasteiger partial charge in [0.1, 0.15) is 17.0 Å². The maximum atomic E-state index is 6.26. The molecular formula is C40H23N5O. The van der Waals surface area contributed by atoms with Crippen LogP contribution in [0.5, 0.6) is 0 Å². The van der Waals surface area contributed by atoms with E-state index in [1.165, 1.54) is 0 Å². The van der Waals surface area contributed by atoms with Crippen LogP contribution in [0.15, 0.2) is 144 Å². The largest absolute Gasteiger partial charge is 0.456 e. The van der Waals surface area contributed by atoms with Gasteiger partial charge in [0.15, 0.2) is 5.82 Å². The summed E-state index contributed by atoms with van der Waals surface area (Å²) in [6, 6.07) is 43.2. The van der Waals surface area contributed by atoms with Crippen molar-refractivity contribution in [1.29, 1.82) is 0 Å². The van der Waals surface area contributed by atoms with Crippen LogP contribution in [0.3, 0.4) is 0 Å². The van der Waals surface area contributed by atoms with E-state index in [2.05, 4.69) is 71.3 Å².